The van der Waals surface area contributed by atoms with E-state index >= 15 is 0 Å². The first-order valence-corrected chi connectivity index (χ1v) is 6.42. The Bertz CT molecular complexity index is 345. The summed E-state index contributed by atoms with van der Waals surface area (Å²) in [7, 11) is 0. The molecule has 82 valence electrons. The molecule has 1 aliphatic rings. The lowest BCUT2D eigenvalue weighted by Gasteiger charge is -2.20. The van der Waals surface area contributed by atoms with Gasteiger partial charge in [0.25, 0.3) is 0 Å². The van der Waals surface area contributed by atoms with Gasteiger partial charge in [-0.25, -0.2) is 0 Å². The second-order valence-electron chi connectivity index (χ2n) is 4.04. The normalized spacial score (nSPS) is 21.9. The molecule has 1 unspecified atom stereocenters. The highest BCUT2D eigenvalue weighted by atomic mass is 32.1. The standard InChI is InChI=1S/C12H17NOS/c1-2-10-3-4-11(15-10)7-9-8-13-6-5-12(9)14/h3-4,9,13H,2,5-8H2,1H3. The first-order chi connectivity index (χ1) is 7.29. The Hall–Kier alpha value is -0.670. The summed E-state index contributed by atoms with van der Waals surface area (Å²) in [4.78, 5) is 14.4. The third-order valence-corrected chi connectivity index (χ3v) is 4.16. The molecule has 1 fully saturated rings. The first kappa shape index (κ1) is 10.8. The molecule has 0 spiro atoms. The van der Waals surface area contributed by atoms with Gasteiger partial charge in [0, 0.05) is 35.2 Å². The third-order valence-electron chi connectivity index (χ3n) is 2.91. The van der Waals surface area contributed by atoms with Crippen molar-refractivity contribution in [1.82, 2.24) is 5.32 Å². The fourth-order valence-corrected chi connectivity index (χ4v) is 2.99. The number of hydrogen-bond acceptors (Lipinski definition) is 3. The van der Waals surface area contributed by atoms with Crippen molar-refractivity contribution < 1.29 is 4.79 Å². The molecular weight excluding hydrogens is 206 g/mol. The number of nitrogens with one attached hydrogen (secondary N) is 1. The maximum Gasteiger partial charge on any atom is 0.138 e. The predicted octanol–water partition coefficient (Wildman–Crippen LogP) is 2.03. The van der Waals surface area contributed by atoms with E-state index in [0.717, 1.165) is 25.9 Å². The van der Waals surface area contributed by atoms with Gasteiger partial charge < -0.3 is 5.32 Å². The highest BCUT2D eigenvalue weighted by Crippen LogP contribution is 2.21. The molecule has 0 radical (unpaired) electrons. The molecule has 1 aliphatic heterocycles. The van der Waals surface area contributed by atoms with E-state index in [-0.39, 0.29) is 5.92 Å². The topological polar surface area (TPSA) is 29.1 Å². The molecule has 0 saturated carbocycles. The van der Waals surface area contributed by atoms with Gasteiger partial charge in [0.05, 0.1) is 0 Å². The third kappa shape index (κ3) is 2.67. The number of ketones is 1. The molecule has 15 heavy (non-hydrogen) atoms. The highest BCUT2D eigenvalue weighted by Gasteiger charge is 2.22. The Morgan fingerprint density at radius 2 is 2.27 bits per heavy atom. The summed E-state index contributed by atoms with van der Waals surface area (Å²) in [6.45, 7) is 3.89. The molecule has 1 N–H and O–H groups in total. The fourth-order valence-electron chi connectivity index (χ4n) is 1.96. The van der Waals surface area contributed by atoms with Crippen LogP contribution in [0, 0.1) is 5.92 Å². The van der Waals surface area contributed by atoms with E-state index in [1.807, 2.05) is 11.3 Å². The van der Waals surface area contributed by atoms with Crippen LogP contribution >= 0.6 is 11.3 Å². The van der Waals surface area contributed by atoms with Crippen LogP contribution in [0.5, 0.6) is 0 Å². The first-order valence-electron chi connectivity index (χ1n) is 5.60. The fraction of sp³-hybridized carbons (Fsp3) is 0.583. The van der Waals surface area contributed by atoms with E-state index in [4.69, 9.17) is 0 Å². The molecule has 1 saturated heterocycles. The maximum absolute atomic E-state index is 11.6. The Morgan fingerprint density at radius 1 is 1.47 bits per heavy atom. The SMILES string of the molecule is CCc1ccc(CC2CNCCC2=O)s1. The van der Waals surface area contributed by atoms with Gasteiger partial charge in [-0.2, -0.15) is 0 Å². The van der Waals surface area contributed by atoms with E-state index in [1.165, 1.54) is 9.75 Å². The van der Waals surface area contributed by atoms with Crippen LogP contribution < -0.4 is 5.32 Å². The number of aryl methyl sites for hydroxylation is 1. The van der Waals surface area contributed by atoms with Crippen molar-refractivity contribution in [2.75, 3.05) is 13.1 Å². The quantitative estimate of drug-likeness (QED) is 0.849. The molecule has 2 rings (SSSR count). The van der Waals surface area contributed by atoms with E-state index in [9.17, 15) is 4.79 Å². The molecule has 0 amide bonds. The molecule has 0 aromatic carbocycles. The second-order valence-corrected chi connectivity index (χ2v) is 5.30. The van der Waals surface area contributed by atoms with Gasteiger partial charge in [-0.05, 0) is 25.0 Å². The number of carbonyl (C=O) groups excluding carboxylic acids is 1. The molecule has 2 heterocycles. The van der Waals surface area contributed by atoms with Crippen LogP contribution in [0.1, 0.15) is 23.1 Å². The van der Waals surface area contributed by atoms with Crippen LogP contribution in [-0.2, 0) is 17.6 Å². The summed E-state index contributed by atoms with van der Waals surface area (Å²) in [6.07, 6.45) is 2.73. The van der Waals surface area contributed by atoms with Gasteiger partial charge in [0.2, 0.25) is 0 Å². The summed E-state index contributed by atoms with van der Waals surface area (Å²) < 4.78 is 0. The lowest BCUT2D eigenvalue weighted by atomic mass is 9.94. The summed E-state index contributed by atoms with van der Waals surface area (Å²) in [5.74, 6) is 0.641. The van der Waals surface area contributed by atoms with Crippen molar-refractivity contribution in [3.63, 3.8) is 0 Å². The van der Waals surface area contributed by atoms with Gasteiger partial charge in [-0.1, -0.05) is 6.92 Å². The van der Waals surface area contributed by atoms with E-state index < -0.39 is 0 Å². The van der Waals surface area contributed by atoms with E-state index in [1.54, 1.807) is 0 Å². The molecule has 2 nitrogen and oxygen atoms in total. The van der Waals surface area contributed by atoms with Crippen molar-refractivity contribution in [3.8, 4) is 0 Å². The van der Waals surface area contributed by atoms with Crippen LogP contribution in [-0.4, -0.2) is 18.9 Å². The zero-order chi connectivity index (χ0) is 10.7. The number of carbonyl (C=O) groups is 1. The summed E-state index contributed by atoms with van der Waals surface area (Å²) >= 11 is 1.85. The number of piperidine rings is 1. The smallest absolute Gasteiger partial charge is 0.138 e. The lowest BCUT2D eigenvalue weighted by molar-refractivity contribution is -0.123. The van der Waals surface area contributed by atoms with Gasteiger partial charge in [-0.15, -0.1) is 11.3 Å². The number of thiophene rings is 1. The Morgan fingerprint density at radius 3 is 2.93 bits per heavy atom. The van der Waals surface area contributed by atoms with Crippen LogP contribution in [0.2, 0.25) is 0 Å². The van der Waals surface area contributed by atoms with Crippen LogP contribution in [0.3, 0.4) is 0 Å². The van der Waals surface area contributed by atoms with E-state index in [2.05, 4.69) is 24.4 Å². The average Bonchev–Trinajstić information content (AvgIpc) is 2.69. The zero-order valence-electron chi connectivity index (χ0n) is 9.08. The summed E-state index contributed by atoms with van der Waals surface area (Å²) in [6, 6.07) is 4.35. The Labute approximate surface area is 94.7 Å². The summed E-state index contributed by atoms with van der Waals surface area (Å²) in [5, 5.41) is 3.29. The van der Waals surface area contributed by atoms with Crippen LogP contribution in [0.4, 0.5) is 0 Å². The molecular formula is C12H17NOS. The number of hydrogen-bond donors (Lipinski definition) is 1. The minimum absolute atomic E-state index is 0.210. The highest BCUT2D eigenvalue weighted by molar-refractivity contribution is 7.12. The van der Waals surface area contributed by atoms with Crippen molar-refractivity contribution in [3.05, 3.63) is 21.9 Å². The minimum atomic E-state index is 0.210. The monoisotopic (exact) mass is 223 g/mol. The average molecular weight is 223 g/mol. The van der Waals surface area contributed by atoms with Crippen LogP contribution in [0.15, 0.2) is 12.1 Å². The van der Waals surface area contributed by atoms with Crippen LogP contribution in [0.25, 0.3) is 0 Å². The van der Waals surface area contributed by atoms with Crippen molar-refractivity contribution >= 4 is 17.1 Å². The summed E-state index contributed by atoms with van der Waals surface area (Å²) in [5.41, 5.74) is 0. The molecule has 0 aliphatic carbocycles. The van der Waals surface area contributed by atoms with Gasteiger partial charge in [0.1, 0.15) is 5.78 Å². The van der Waals surface area contributed by atoms with Gasteiger partial charge in [0.15, 0.2) is 0 Å². The van der Waals surface area contributed by atoms with Crippen molar-refractivity contribution in [2.45, 2.75) is 26.2 Å². The molecule has 3 heteroatoms. The Kier molecular flexibility index (Phi) is 3.54. The lowest BCUT2D eigenvalue weighted by Crippen LogP contribution is -2.37. The number of rotatable bonds is 3. The number of Topliss-reactive ketones (excluding diaryl/α,β-unsaturated/α-hetero) is 1. The molecule has 1 aromatic heterocycles. The molecule has 1 aromatic rings. The zero-order valence-corrected chi connectivity index (χ0v) is 9.90. The largest absolute Gasteiger partial charge is 0.316 e. The van der Waals surface area contributed by atoms with Gasteiger partial charge in [-0.3, -0.25) is 4.79 Å². The Balaban J connectivity index is 1.98. The van der Waals surface area contributed by atoms with Crippen molar-refractivity contribution in [2.24, 2.45) is 5.92 Å². The van der Waals surface area contributed by atoms with Gasteiger partial charge >= 0.3 is 0 Å². The minimum Gasteiger partial charge on any atom is -0.316 e. The molecule has 1 atom stereocenters. The maximum atomic E-state index is 11.6. The van der Waals surface area contributed by atoms with E-state index in [0.29, 0.717) is 12.2 Å². The van der Waals surface area contributed by atoms with Crippen molar-refractivity contribution in [1.29, 1.82) is 0 Å². The second kappa shape index (κ2) is 4.90. The molecule has 0 bridgehead atoms. The predicted molar refractivity (Wildman–Crippen MR) is 63.4 cm³/mol.